The van der Waals surface area contributed by atoms with Crippen molar-refractivity contribution >= 4 is 23.5 Å². The van der Waals surface area contributed by atoms with Gasteiger partial charge in [-0.2, -0.15) is 0 Å². The number of carbonyl (C=O) groups excluding carboxylic acids is 2. The number of esters is 1. The van der Waals surface area contributed by atoms with Gasteiger partial charge in [-0.15, -0.1) is 0 Å². The number of fused-ring (bicyclic) bond motifs is 1. The Morgan fingerprint density at radius 3 is 2.26 bits per heavy atom. The van der Waals surface area contributed by atoms with Crippen LogP contribution in [0.25, 0.3) is 16.9 Å². The number of aromatic nitrogens is 1. The Hall–Kier alpha value is -3.29. The predicted molar refractivity (Wildman–Crippen MR) is 177 cm³/mol. The van der Waals surface area contributed by atoms with Gasteiger partial charge in [0.1, 0.15) is 5.75 Å². The molecule has 0 unspecified atom stereocenters. The molecular formula is C35H50ClN3O4. The van der Waals surface area contributed by atoms with Gasteiger partial charge in [0.15, 0.2) is 0 Å². The fraction of sp³-hybridized carbons (Fsp3) is 0.486. The Balaban J connectivity index is 0.00000155. The summed E-state index contributed by atoms with van der Waals surface area (Å²) in [6.07, 6.45) is 2.15. The summed E-state index contributed by atoms with van der Waals surface area (Å²) in [5, 5.41) is 4.60. The van der Waals surface area contributed by atoms with E-state index >= 15 is 0 Å². The molecule has 236 valence electrons. The lowest BCUT2D eigenvalue weighted by Gasteiger charge is -2.37. The van der Waals surface area contributed by atoms with Crippen LogP contribution in [0.5, 0.6) is 5.75 Å². The van der Waals surface area contributed by atoms with Crippen molar-refractivity contribution in [2.45, 2.75) is 81.1 Å². The normalized spacial score (nSPS) is 12.2. The lowest BCUT2D eigenvalue weighted by atomic mass is 9.96. The number of benzene rings is 2. The summed E-state index contributed by atoms with van der Waals surface area (Å²) in [5.74, 6) is 0.417. The molecule has 0 aliphatic carbocycles. The number of amides is 1. The first-order valence-corrected chi connectivity index (χ1v) is 16.1. The van der Waals surface area contributed by atoms with E-state index in [1.807, 2.05) is 82.1 Å². The highest BCUT2D eigenvalue weighted by Gasteiger charge is 2.36. The fourth-order valence-electron chi connectivity index (χ4n) is 5.40. The maximum Gasteiger partial charge on any atom is 0.306 e. The van der Waals surface area contributed by atoms with Gasteiger partial charge in [-0.3, -0.25) is 14.6 Å². The molecule has 1 aromatic heterocycles. The van der Waals surface area contributed by atoms with Crippen LogP contribution >= 0.6 is 11.6 Å². The maximum atomic E-state index is 14.3. The van der Waals surface area contributed by atoms with Crippen LogP contribution in [0, 0.1) is 6.92 Å². The lowest BCUT2D eigenvalue weighted by molar-refractivity contribution is -0.143. The van der Waals surface area contributed by atoms with E-state index in [0.717, 1.165) is 59.0 Å². The smallest absolute Gasteiger partial charge is 0.306 e. The Bertz CT molecular complexity index is 1330. The van der Waals surface area contributed by atoms with Crippen LogP contribution in [0.4, 0.5) is 0 Å². The average molecular weight is 612 g/mol. The first-order valence-electron chi connectivity index (χ1n) is 15.7. The highest BCUT2D eigenvalue weighted by molar-refractivity contribution is 6.32. The number of hydrogen-bond donors (Lipinski definition) is 0. The minimum absolute atomic E-state index is 0.0397. The van der Waals surface area contributed by atoms with Gasteiger partial charge >= 0.3 is 5.97 Å². The molecular weight excluding hydrogens is 562 g/mol. The van der Waals surface area contributed by atoms with Gasteiger partial charge in [-0.05, 0) is 79.8 Å². The molecule has 0 fully saturated rings. The Morgan fingerprint density at radius 2 is 1.70 bits per heavy atom. The van der Waals surface area contributed by atoms with E-state index < -0.39 is 0 Å². The second kappa shape index (κ2) is 17.7. The Morgan fingerprint density at radius 1 is 1.02 bits per heavy atom. The molecule has 2 heterocycles. The van der Waals surface area contributed by atoms with Gasteiger partial charge in [0, 0.05) is 38.2 Å². The lowest BCUT2D eigenvalue weighted by Crippen LogP contribution is -2.50. The third kappa shape index (κ3) is 8.21. The first kappa shape index (κ1) is 35.9. The van der Waals surface area contributed by atoms with Crippen molar-refractivity contribution in [1.29, 1.82) is 0 Å². The van der Waals surface area contributed by atoms with Gasteiger partial charge in [0.05, 0.1) is 35.7 Å². The van der Waals surface area contributed by atoms with Crippen LogP contribution < -0.4 is 4.74 Å². The molecule has 0 saturated heterocycles. The van der Waals surface area contributed by atoms with E-state index in [0.29, 0.717) is 36.6 Å². The van der Waals surface area contributed by atoms with Crippen LogP contribution in [0.1, 0.15) is 88.5 Å². The summed E-state index contributed by atoms with van der Waals surface area (Å²) in [4.78, 5) is 26.8. The second-order valence-electron chi connectivity index (χ2n) is 9.70. The molecule has 1 aliphatic heterocycles. The van der Waals surface area contributed by atoms with Gasteiger partial charge in [0.25, 0.3) is 5.91 Å². The molecule has 2 aromatic carbocycles. The van der Waals surface area contributed by atoms with Gasteiger partial charge < -0.3 is 14.0 Å². The average Bonchev–Trinajstić information content (AvgIpc) is 3.36. The van der Waals surface area contributed by atoms with Gasteiger partial charge in [-0.25, -0.2) is 5.01 Å². The summed E-state index contributed by atoms with van der Waals surface area (Å²) >= 11 is 6.85. The van der Waals surface area contributed by atoms with E-state index in [2.05, 4.69) is 23.4 Å². The Labute approximate surface area is 263 Å². The van der Waals surface area contributed by atoms with E-state index in [4.69, 9.17) is 21.1 Å². The standard InChI is InChI=1S/C31H38ClN3O4.2C2H6/c1-6-18-33(7-2)34-19-17-27-29(31(34)37)24(14-16-28(36)39-8-3)30(22-10-12-23(38-5)13-11-22)35(27)26-15-9-21(4)20-25(26)32;2*1-2/h9-13,15,20H,6-8,14,16-19H2,1-5H3;2*1-2H3. The zero-order valence-electron chi connectivity index (χ0n) is 27.6. The minimum Gasteiger partial charge on any atom is -0.497 e. The number of methoxy groups -OCH3 is 1. The zero-order valence-corrected chi connectivity index (χ0v) is 28.3. The fourth-order valence-corrected chi connectivity index (χ4v) is 5.72. The monoisotopic (exact) mass is 611 g/mol. The van der Waals surface area contributed by atoms with Gasteiger partial charge in [-0.1, -0.05) is 59.2 Å². The molecule has 43 heavy (non-hydrogen) atoms. The van der Waals surface area contributed by atoms with Crippen LogP contribution in [0.15, 0.2) is 42.5 Å². The number of nitrogens with zero attached hydrogens (tertiary/aromatic N) is 3. The number of aryl methyl sites for hydroxylation is 1. The predicted octanol–water partition coefficient (Wildman–Crippen LogP) is 8.31. The minimum atomic E-state index is -0.283. The van der Waals surface area contributed by atoms with Crippen LogP contribution in [-0.4, -0.2) is 59.8 Å². The number of hydrogen-bond acceptors (Lipinski definition) is 5. The zero-order chi connectivity index (χ0) is 32.1. The number of halogens is 1. The van der Waals surface area contributed by atoms with E-state index in [1.165, 1.54) is 0 Å². The number of carbonyl (C=O) groups is 2. The van der Waals surface area contributed by atoms with Crippen molar-refractivity contribution in [2.75, 3.05) is 33.4 Å². The highest BCUT2D eigenvalue weighted by Crippen LogP contribution is 2.40. The molecule has 0 N–H and O–H groups in total. The molecule has 0 saturated carbocycles. The largest absolute Gasteiger partial charge is 0.497 e. The molecule has 0 spiro atoms. The van der Waals surface area contributed by atoms with Crippen molar-refractivity contribution in [2.24, 2.45) is 0 Å². The number of hydrazine groups is 1. The van der Waals surface area contributed by atoms with Gasteiger partial charge in [0.2, 0.25) is 0 Å². The summed E-state index contributed by atoms with van der Waals surface area (Å²) in [5.41, 5.74) is 6.06. The molecule has 7 nitrogen and oxygen atoms in total. The van der Waals surface area contributed by atoms with Crippen molar-refractivity contribution < 1.29 is 19.1 Å². The molecule has 0 bridgehead atoms. The maximum absolute atomic E-state index is 14.3. The molecule has 0 atom stereocenters. The van der Waals surface area contributed by atoms with Crippen LogP contribution in [0.3, 0.4) is 0 Å². The molecule has 1 aliphatic rings. The summed E-state index contributed by atoms with van der Waals surface area (Å²) in [7, 11) is 1.64. The third-order valence-electron chi connectivity index (χ3n) is 7.16. The molecule has 3 aromatic rings. The SMILES string of the molecule is CC.CC.CCCN(CC)N1CCc2c(c(CCC(=O)OCC)c(-c3ccc(OC)cc3)n2-c2ccc(C)cc2Cl)C1=O. The summed E-state index contributed by atoms with van der Waals surface area (Å²) in [6.45, 7) is 18.4. The van der Waals surface area contributed by atoms with Crippen molar-refractivity contribution in [1.82, 2.24) is 14.6 Å². The number of rotatable bonds is 11. The van der Waals surface area contributed by atoms with Crippen LogP contribution in [0.2, 0.25) is 5.02 Å². The van der Waals surface area contributed by atoms with Crippen molar-refractivity contribution in [3.05, 3.63) is 69.9 Å². The summed E-state index contributed by atoms with van der Waals surface area (Å²) in [6, 6.07) is 13.8. The topological polar surface area (TPSA) is 64.0 Å². The molecule has 0 radical (unpaired) electrons. The quantitative estimate of drug-likeness (QED) is 0.204. The molecule has 4 rings (SSSR count). The second-order valence-corrected chi connectivity index (χ2v) is 10.1. The number of ether oxygens (including phenoxy) is 2. The first-order chi connectivity index (χ1) is 20.8. The third-order valence-corrected chi connectivity index (χ3v) is 7.46. The van der Waals surface area contributed by atoms with Crippen LogP contribution in [-0.2, 0) is 22.4 Å². The van der Waals surface area contributed by atoms with Crippen molar-refractivity contribution in [3.8, 4) is 22.7 Å². The highest BCUT2D eigenvalue weighted by atomic mass is 35.5. The molecule has 8 heteroatoms. The van der Waals surface area contributed by atoms with E-state index in [1.54, 1.807) is 14.0 Å². The Kier molecular flexibility index (Phi) is 14.8. The summed E-state index contributed by atoms with van der Waals surface area (Å²) < 4.78 is 12.8. The van der Waals surface area contributed by atoms with E-state index in [-0.39, 0.29) is 18.3 Å². The van der Waals surface area contributed by atoms with Crippen molar-refractivity contribution in [3.63, 3.8) is 0 Å². The molecule has 1 amide bonds. The van der Waals surface area contributed by atoms with E-state index in [9.17, 15) is 9.59 Å².